The predicted molar refractivity (Wildman–Crippen MR) is 133 cm³/mol. The van der Waals surface area contributed by atoms with Crippen LogP contribution in [0.2, 0.25) is 0 Å². The van der Waals surface area contributed by atoms with Crippen LogP contribution in [-0.4, -0.2) is 10.5 Å². The van der Waals surface area contributed by atoms with Crippen molar-refractivity contribution in [1.82, 2.24) is 9.99 Å². The zero-order valence-electron chi connectivity index (χ0n) is 17.7. The van der Waals surface area contributed by atoms with Crippen molar-refractivity contribution in [2.75, 3.05) is 4.90 Å². The fourth-order valence-corrected chi connectivity index (χ4v) is 4.86. The minimum Gasteiger partial charge on any atom is -0.464 e. The summed E-state index contributed by atoms with van der Waals surface area (Å²) in [6.45, 7) is 0. The lowest BCUT2D eigenvalue weighted by atomic mass is 10.1. The summed E-state index contributed by atoms with van der Waals surface area (Å²) >= 11 is 0. The molecule has 0 aliphatic carbocycles. The molecule has 5 nitrogen and oxygen atoms in total. The van der Waals surface area contributed by atoms with E-state index in [-0.39, 0.29) is 6.17 Å². The molecule has 158 valence electrons. The Hall–Kier alpha value is -4.51. The van der Waals surface area contributed by atoms with Gasteiger partial charge in [-0.15, -0.1) is 5.10 Å². The molecule has 1 unspecified atom stereocenters. The topological polar surface area (TPSA) is 45.7 Å². The number of para-hydroxylation sites is 2. The molecule has 4 aromatic carbocycles. The summed E-state index contributed by atoms with van der Waals surface area (Å²) in [5.74, 6) is 0.837. The van der Waals surface area contributed by atoms with Crippen LogP contribution in [0.5, 0.6) is 0 Å². The minimum absolute atomic E-state index is 0.113. The van der Waals surface area contributed by atoms with E-state index in [1.807, 2.05) is 18.2 Å². The average Bonchev–Trinajstić information content (AvgIpc) is 3.59. The highest BCUT2D eigenvalue weighted by Crippen LogP contribution is 2.36. The van der Waals surface area contributed by atoms with Gasteiger partial charge in [0.2, 0.25) is 5.96 Å². The van der Waals surface area contributed by atoms with Crippen LogP contribution < -0.4 is 10.3 Å². The van der Waals surface area contributed by atoms with Crippen molar-refractivity contribution in [3.05, 3.63) is 115 Å². The Morgan fingerprint density at radius 1 is 0.727 bits per heavy atom. The lowest BCUT2D eigenvalue weighted by molar-refractivity contribution is 0.616. The number of hydrogen-bond donors (Lipinski definition) is 1. The van der Waals surface area contributed by atoms with Crippen LogP contribution in [0.15, 0.2) is 119 Å². The molecule has 0 amide bonds. The number of nitrogens with zero attached hydrogens (tertiary/aromatic N) is 3. The van der Waals surface area contributed by atoms with Gasteiger partial charge in [-0.05, 0) is 42.0 Å². The van der Waals surface area contributed by atoms with E-state index in [4.69, 9.17) is 9.52 Å². The first-order chi connectivity index (χ1) is 16.4. The molecular formula is C28H20N4O. The van der Waals surface area contributed by atoms with E-state index in [1.54, 1.807) is 6.26 Å². The third-order valence-corrected chi connectivity index (χ3v) is 6.36. The zero-order valence-corrected chi connectivity index (χ0v) is 17.7. The Bertz CT molecular complexity index is 1650. The van der Waals surface area contributed by atoms with Crippen LogP contribution in [0.25, 0.3) is 32.8 Å². The quantitative estimate of drug-likeness (QED) is 0.344. The molecule has 0 saturated heterocycles. The Balaban J connectivity index is 1.51. The number of furan rings is 1. The van der Waals surface area contributed by atoms with E-state index < -0.39 is 0 Å². The van der Waals surface area contributed by atoms with Crippen LogP contribution >= 0.6 is 0 Å². The van der Waals surface area contributed by atoms with Gasteiger partial charge in [0.05, 0.1) is 17.3 Å². The van der Waals surface area contributed by atoms with Gasteiger partial charge in [-0.1, -0.05) is 66.7 Å². The second-order valence-corrected chi connectivity index (χ2v) is 8.24. The van der Waals surface area contributed by atoms with Crippen LogP contribution in [0.4, 0.5) is 5.69 Å². The fourth-order valence-electron chi connectivity index (χ4n) is 4.86. The number of fused-ring (bicyclic) bond motifs is 4. The summed E-state index contributed by atoms with van der Waals surface area (Å²) in [6.07, 6.45) is 1.63. The Labute approximate surface area is 190 Å². The normalized spacial score (nSPS) is 15.9. The number of hydrogen-bond acceptors (Lipinski definition) is 4. The van der Waals surface area contributed by atoms with Gasteiger partial charge in [0, 0.05) is 21.8 Å². The van der Waals surface area contributed by atoms with E-state index >= 15 is 0 Å². The van der Waals surface area contributed by atoms with Gasteiger partial charge in [-0.25, -0.2) is 0 Å². The van der Waals surface area contributed by atoms with E-state index in [0.29, 0.717) is 0 Å². The Morgan fingerprint density at radius 2 is 1.48 bits per heavy atom. The Kier molecular flexibility index (Phi) is 3.84. The molecule has 2 aromatic heterocycles. The molecule has 3 heterocycles. The lowest BCUT2D eigenvalue weighted by Gasteiger charge is -2.28. The number of rotatable bonds is 2. The van der Waals surface area contributed by atoms with Crippen molar-refractivity contribution in [1.29, 1.82) is 0 Å². The molecular weight excluding hydrogens is 408 g/mol. The zero-order chi connectivity index (χ0) is 21.8. The summed E-state index contributed by atoms with van der Waals surface area (Å²) < 4.78 is 7.96. The van der Waals surface area contributed by atoms with Gasteiger partial charge >= 0.3 is 0 Å². The molecule has 5 heteroatoms. The number of benzene rings is 4. The molecule has 1 aliphatic heterocycles. The molecule has 6 aromatic rings. The van der Waals surface area contributed by atoms with Crippen molar-refractivity contribution in [3.63, 3.8) is 0 Å². The maximum atomic E-state index is 5.71. The minimum atomic E-state index is -0.113. The van der Waals surface area contributed by atoms with Crippen LogP contribution in [-0.2, 0) is 0 Å². The molecule has 1 N–H and O–H groups in total. The van der Waals surface area contributed by atoms with Crippen LogP contribution in [0.1, 0.15) is 11.7 Å². The largest absolute Gasteiger partial charge is 0.464 e. The molecule has 0 saturated carbocycles. The monoisotopic (exact) mass is 428 g/mol. The summed E-state index contributed by atoms with van der Waals surface area (Å²) in [5.41, 5.74) is 8.71. The van der Waals surface area contributed by atoms with Crippen LogP contribution in [0, 0.1) is 0 Å². The molecule has 0 fully saturated rings. The van der Waals surface area contributed by atoms with Gasteiger partial charge in [0.15, 0.2) is 0 Å². The first kappa shape index (κ1) is 18.1. The maximum absolute atomic E-state index is 5.71. The lowest BCUT2D eigenvalue weighted by Crippen LogP contribution is -2.36. The molecule has 0 spiro atoms. The summed E-state index contributed by atoms with van der Waals surface area (Å²) in [4.78, 5) is 2.26. The maximum Gasteiger partial charge on any atom is 0.234 e. The van der Waals surface area contributed by atoms with Crippen LogP contribution in [0.3, 0.4) is 0 Å². The Morgan fingerprint density at radius 3 is 2.33 bits per heavy atom. The van der Waals surface area contributed by atoms with Gasteiger partial charge in [0.25, 0.3) is 0 Å². The van der Waals surface area contributed by atoms with E-state index in [2.05, 4.69) is 99.8 Å². The van der Waals surface area contributed by atoms with Crippen molar-refractivity contribution >= 4 is 44.4 Å². The van der Waals surface area contributed by atoms with Gasteiger partial charge < -0.3 is 4.42 Å². The van der Waals surface area contributed by atoms with Gasteiger partial charge in [-0.2, -0.15) is 0 Å². The van der Waals surface area contributed by atoms with Crippen molar-refractivity contribution in [2.45, 2.75) is 6.17 Å². The molecule has 33 heavy (non-hydrogen) atoms. The summed E-state index contributed by atoms with van der Waals surface area (Å²) in [5, 5.41) is 8.28. The van der Waals surface area contributed by atoms with Crippen molar-refractivity contribution in [3.8, 4) is 0 Å². The highest BCUT2D eigenvalue weighted by atomic mass is 16.3. The van der Waals surface area contributed by atoms with Crippen molar-refractivity contribution in [2.24, 2.45) is 5.10 Å². The molecule has 0 radical (unpaired) electrons. The highest BCUT2D eigenvalue weighted by Gasteiger charge is 2.33. The standard InChI is InChI=1S/C28H20N4O/c1-3-9-19(10-4-1)27-29-30-28(31(27)21-11-5-2-6-12-21)32-24-14-8-7-13-22(24)23-18-26-20(15-16-33-26)17-25(23)32/h1-18,27,29H. The van der Waals surface area contributed by atoms with Crippen molar-refractivity contribution < 1.29 is 4.42 Å². The third kappa shape index (κ3) is 2.69. The molecule has 1 aliphatic rings. The van der Waals surface area contributed by atoms with Gasteiger partial charge in [-0.3, -0.25) is 14.9 Å². The average molecular weight is 428 g/mol. The second kappa shape index (κ2) is 7.00. The molecule has 7 rings (SSSR count). The number of nitrogens with one attached hydrogen (secondary N) is 1. The van der Waals surface area contributed by atoms with E-state index in [9.17, 15) is 0 Å². The second-order valence-electron chi connectivity index (χ2n) is 8.24. The summed E-state index contributed by atoms with van der Waals surface area (Å²) in [6, 6.07) is 35.6. The first-order valence-electron chi connectivity index (χ1n) is 11.0. The first-order valence-corrected chi connectivity index (χ1v) is 11.0. The number of anilines is 1. The third-order valence-electron chi connectivity index (χ3n) is 6.36. The molecule has 1 atom stereocenters. The van der Waals surface area contributed by atoms with E-state index in [1.165, 1.54) is 5.39 Å². The van der Waals surface area contributed by atoms with Gasteiger partial charge in [0.1, 0.15) is 11.7 Å². The van der Waals surface area contributed by atoms with E-state index in [0.717, 1.165) is 44.6 Å². The predicted octanol–water partition coefficient (Wildman–Crippen LogP) is 6.47. The molecule has 0 bridgehead atoms. The fraction of sp³-hybridized carbons (Fsp3) is 0.0357. The highest BCUT2D eigenvalue weighted by molar-refractivity contribution is 6.19. The number of aromatic nitrogens is 1. The SMILES string of the molecule is c1ccc(C2NN=C(n3c4ccccc4c4cc5occc5cc43)N2c2ccccc2)cc1. The summed E-state index contributed by atoms with van der Waals surface area (Å²) in [7, 11) is 0. The smallest absolute Gasteiger partial charge is 0.234 e. The number of hydrazone groups is 1.